The summed E-state index contributed by atoms with van der Waals surface area (Å²) in [5.41, 5.74) is 4.00. The first-order chi connectivity index (χ1) is 7.83. The lowest BCUT2D eigenvalue weighted by Crippen LogP contribution is -2.31. The minimum Gasteiger partial charge on any atom is -0.496 e. The minimum absolute atomic E-state index is 0.0339. The van der Waals surface area contributed by atoms with Crippen LogP contribution in [0.4, 0.5) is 0 Å². The smallest absolute Gasteiger partial charge is 0.115 e. The maximum absolute atomic E-state index is 5.66. The third-order valence-electron chi connectivity index (χ3n) is 2.63. The van der Waals surface area contributed by atoms with Gasteiger partial charge >= 0.3 is 0 Å². The summed E-state index contributed by atoms with van der Waals surface area (Å²) in [5, 5.41) is 0. The highest BCUT2D eigenvalue weighted by atomic mass is 127. The van der Waals surface area contributed by atoms with E-state index in [2.05, 4.69) is 46.2 Å². The van der Waals surface area contributed by atoms with Gasteiger partial charge in [-0.15, -0.1) is 0 Å². The zero-order valence-electron chi connectivity index (χ0n) is 8.95. The molecule has 3 nitrogen and oxygen atoms in total. The summed E-state index contributed by atoms with van der Waals surface area (Å²) in [7, 11) is 0. The Hall–Kier alpha value is -0.590. The van der Waals surface area contributed by atoms with Crippen molar-refractivity contribution in [1.29, 1.82) is 0 Å². The lowest BCUT2D eigenvalue weighted by Gasteiger charge is -2.24. The van der Waals surface area contributed by atoms with Crippen LogP contribution in [0.3, 0.4) is 0 Å². The predicted octanol–water partition coefficient (Wildman–Crippen LogP) is 2.49. The fourth-order valence-electron chi connectivity index (χ4n) is 1.81. The van der Waals surface area contributed by atoms with Crippen molar-refractivity contribution in [3.63, 3.8) is 0 Å². The summed E-state index contributed by atoms with van der Waals surface area (Å²) >= 11 is 2.32. The van der Waals surface area contributed by atoms with E-state index in [1.54, 1.807) is 0 Å². The molecule has 2 rings (SSSR count). The highest BCUT2D eigenvalue weighted by molar-refractivity contribution is 14.1. The molecule has 1 aliphatic heterocycles. The van der Waals surface area contributed by atoms with Crippen LogP contribution in [0, 0.1) is 3.57 Å². The normalized spacial score (nSPS) is 17.5. The van der Waals surface area contributed by atoms with E-state index in [0.717, 1.165) is 25.2 Å². The summed E-state index contributed by atoms with van der Waals surface area (Å²) in [6.45, 7) is 0.785. The molecule has 16 heavy (non-hydrogen) atoms. The Morgan fingerprint density at radius 1 is 1.38 bits per heavy atom. The quantitative estimate of drug-likeness (QED) is 0.509. The molecule has 0 saturated carbocycles. The van der Waals surface area contributed by atoms with Crippen molar-refractivity contribution in [2.24, 2.45) is 5.84 Å². The molecule has 1 atom stereocenters. The maximum atomic E-state index is 5.66. The molecule has 86 valence electrons. The Balaban J connectivity index is 2.28. The molecule has 1 heterocycles. The first-order valence-electron chi connectivity index (χ1n) is 5.36. The van der Waals surface area contributed by atoms with Crippen molar-refractivity contribution in [2.45, 2.75) is 18.9 Å². The summed E-state index contributed by atoms with van der Waals surface area (Å²) in [6, 6.07) is 8.16. The SMILES string of the molecule is NNC(C1=CCCCO1)c1ccccc1I. The van der Waals surface area contributed by atoms with Gasteiger partial charge in [0.05, 0.1) is 6.61 Å². The van der Waals surface area contributed by atoms with E-state index in [4.69, 9.17) is 10.6 Å². The molecule has 1 unspecified atom stereocenters. The van der Waals surface area contributed by atoms with Crippen molar-refractivity contribution in [2.75, 3.05) is 6.61 Å². The van der Waals surface area contributed by atoms with Gasteiger partial charge in [-0.3, -0.25) is 5.84 Å². The van der Waals surface area contributed by atoms with Gasteiger partial charge in [-0.25, -0.2) is 5.43 Å². The van der Waals surface area contributed by atoms with Crippen molar-refractivity contribution in [1.82, 2.24) is 5.43 Å². The van der Waals surface area contributed by atoms with Crippen molar-refractivity contribution in [3.05, 3.63) is 45.2 Å². The molecule has 1 aromatic rings. The highest BCUT2D eigenvalue weighted by Gasteiger charge is 2.20. The van der Waals surface area contributed by atoms with Gasteiger partial charge in [-0.2, -0.15) is 0 Å². The Labute approximate surface area is 109 Å². The highest BCUT2D eigenvalue weighted by Crippen LogP contribution is 2.28. The molecular formula is C12H15IN2O. The number of halogens is 1. The molecule has 1 aromatic carbocycles. The fourth-order valence-corrected chi connectivity index (χ4v) is 2.51. The predicted molar refractivity (Wildman–Crippen MR) is 72.5 cm³/mol. The Kier molecular flexibility index (Phi) is 4.20. The Bertz CT molecular complexity index is 392. The summed E-state index contributed by atoms with van der Waals surface area (Å²) in [4.78, 5) is 0. The first kappa shape index (κ1) is 11.9. The van der Waals surface area contributed by atoms with Gasteiger partial charge in [0.25, 0.3) is 0 Å². The third kappa shape index (κ3) is 2.56. The van der Waals surface area contributed by atoms with Crippen LogP contribution in [-0.4, -0.2) is 6.61 Å². The Morgan fingerprint density at radius 2 is 2.19 bits per heavy atom. The number of benzene rings is 1. The van der Waals surface area contributed by atoms with Gasteiger partial charge in [-0.1, -0.05) is 18.2 Å². The van der Waals surface area contributed by atoms with Gasteiger partial charge in [0.1, 0.15) is 11.8 Å². The van der Waals surface area contributed by atoms with Gasteiger partial charge in [-0.05, 0) is 53.1 Å². The molecule has 0 aliphatic carbocycles. The molecular weight excluding hydrogens is 315 g/mol. The average molecular weight is 330 g/mol. The number of ether oxygens (including phenoxy) is 1. The zero-order chi connectivity index (χ0) is 11.4. The second-order valence-electron chi connectivity index (χ2n) is 3.72. The molecule has 3 N–H and O–H groups in total. The molecule has 1 aliphatic rings. The van der Waals surface area contributed by atoms with Crippen LogP contribution >= 0.6 is 22.6 Å². The average Bonchev–Trinajstić information content (AvgIpc) is 2.34. The van der Waals surface area contributed by atoms with Gasteiger partial charge in [0.2, 0.25) is 0 Å². The lowest BCUT2D eigenvalue weighted by molar-refractivity contribution is 0.167. The monoisotopic (exact) mass is 330 g/mol. The second-order valence-corrected chi connectivity index (χ2v) is 4.88. The van der Waals surface area contributed by atoms with Crippen LogP contribution in [0.25, 0.3) is 0 Å². The van der Waals surface area contributed by atoms with E-state index in [1.165, 1.54) is 9.13 Å². The van der Waals surface area contributed by atoms with E-state index in [1.807, 2.05) is 12.1 Å². The fraction of sp³-hybridized carbons (Fsp3) is 0.333. The first-order valence-corrected chi connectivity index (χ1v) is 6.44. The molecule has 0 bridgehead atoms. The van der Waals surface area contributed by atoms with Crippen LogP contribution in [0.15, 0.2) is 36.1 Å². The number of nitrogens with one attached hydrogen (secondary N) is 1. The van der Waals surface area contributed by atoms with E-state index in [-0.39, 0.29) is 6.04 Å². The topological polar surface area (TPSA) is 47.3 Å². The van der Waals surface area contributed by atoms with Crippen molar-refractivity contribution in [3.8, 4) is 0 Å². The second kappa shape index (κ2) is 5.65. The summed E-state index contributed by atoms with van der Waals surface area (Å²) < 4.78 is 6.85. The van der Waals surface area contributed by atoms with Crippen molar-refractivity contribution >= 4 is 22.6 Å². The number of rotatable bonds is 3. The third-order valence-corrected chi connectivity index (χ3v) is 3.61. The summed E-state index contributed by atoms with van der Waals surface area (Å²) in [5.74, 6) is 6.57. The lowest BCUT2D eigenvalue weighted by atomic mass is 10.0. The molecule has 0 fully saturated rings. The molecule has 0 radical (unpaired) electrons. The van der Waals surface area contributed by atoms with Gasteiger partial charge in [0, 0.05) is 3.57 Å². The van der Waals surface area contributed by atoms with E-state index in [0.29, 0.717) is 0 Å². The van der Waals surface area contributed by atoms with Crippen molar-refractivity contribution < 1.29 is 4.74 Å². The number of hydrogen-bond donors (Lipinski definition) is 2. The standard InChI is InChI=1S/C12H15IN2O/c13-10-6-2-1-5-9(10)12(15-14)11-7-3-4-8-16-11/h1-2,5-7,12,15H,3-4,8,14H2. The molecule has 0 aromatic heterocycles. The molecule has 0 saturated heterocycles. The summed E-state index contributed by atoms with van der Waals surface area (Å²) in [6.07, 6.45) is 4.28. The Morgan fingerprint density at radius 3 is 2.81 bits per heavy atom. The van der Waals surface area contributed by atoms with Crippen LogP contribution in [-0.2, 0) is 4.74 Å². The number of hydrazine groups is 1. The van der Waals surface area contributed by atoms with E-state index < -0.39 is 0 Å². The van der Waals surface area contributed by atoms with Gasteiger partial charge in [0.15, 0.2) is 0 Å². The van der Waals surface area contributed by atoms with E-state index >= 15 is 0 Å². The van der Waals surface area contributed by atoms with Crippen LogP contribution in [0.1, 0.15) is 24.4 Å². The van der Waals surface area contributed by atoms with Crippen LogP contribution < -0.4 is 11.3 Å². The van der Waals surface area contributed by atoms with Crippen LogP contribution in [0.5, 0.6) is 0 Å². The molecule has 4 heteroatoms. The molecule has 0 spiro atoms. The van der Waals surface area contributed by atoms with Gasteiger partial charge < -0.3 is 4.74 Å². The molecule has 0 amide bonds. The number of allylic oxidation sites excluding steroid dienone is 1. The number of hydrogen-bond acceptors (Lipinski definition) is 3. The maximum Gasteiger partial charge on any atom is 0.115 e. The van der Waals surface area contributed by atoms with E-state index in [9.17, 15) is 0 Å². The minimum atomic E-state index is -0.0339. The number of nitrogens with two attached hydrogens (primary N) is 1. The zero-order valence-corrected chi connectivity index (χ0v) is 11.1. The largest absolute Gasteiger partial charge is 0.496 e. The van der Waals surface area contributed by atoms with Crippen LogP contribution in [0.2, 0.25) is 0 Å².